The first-order valence-electron chi connectivity index (χ1n) is 9.24. The fraction of sp³-hybridized carbons (Fsp3) is 0.318. The van der Waals surface area contributed by atoms with Crippen molar-refractivity contribution < 1.29 is 28.6 Å². The number of hydrogen-bond acceptors (Lipinski definition) is 5. The number of rotatable bonds is 11. The SMILES string of the molecule is C=CCOc1ccc(C[NH+](C)CC(=O)Nc2cc(OC)c(OC)c(OC)c2)cc1. The molecule has 2 N–H and O–H groups in total. The Balaban J connectivity index is 1.95. The molecule has 0 aliphatic heterocycles. The van der Waals surface area contributed by atoms with Gasteiger partial charge in [-0.3, -0.25) is 4.79 Å². The summed E-state index contributed by atoms with van der Waals surface area (Å²) in [5, 5.41) is 2.89. The second-order valence-electron chi connectivity index (χ2n) is 6.52. The van der Waals surface area contributed by atoms with Crippen LogP contribution in [0.5, 0.6) is 23.0 Å². The number of carbonyl (C=O) groups excluding carboxylic acids is 1. The van der Waals surface area contributed by atoms with Gasteiger partial charge in [-0.1, -0.05) is 12.7 Å². The molecule has 2 rings (SSSR count). The lowest BCUT2D eigenvalue weighted by atomic mass is 10.2. The number of methoxy groups -OCH3 is 3. The van der Waals surface area contributed by atoms with Gasteiger partial charge < -0.3 is 29.2 Å². The summed E-state index contributed by atoms with van der Waals surface area (Å²) in [4.78, 5) is 13.5. The van der Waals surface area contributed by atoms with Gasteiger partial charge in [0.15, 0.2) is 18.0 Å². The van der Waals surface area contributed by atoms with Crippen LogP contribution in [0.4, 0.5) is 5.69 Å². The van der Waals surface area contributed by atoms with Crippen LogP contribution in [0, 0.1) is 0 Å². The molecule has 1 unspecified atom stereocenters. The molecule has 2 aromatic carbocycles. The number of ether oxygens (including phenoxy) is 4. The van der Waals surface area contributed by atoms with E-state index in [1.165, 1.54) is 21.3 Å². The largest absolute Gasteiger partial charge is 0.493 e. The third-order valence-corrected chi connectivity index (χ3v) is 4.21. The van der Waals surface area contributed by atoms with Crippen LogP contribution < -0.4 is 29.2 Å². The second-order valence-corrected chi connectivity index (χ2v) is 6.52. The van der Waals surface area contributed by atoms with Crippen LogP contribution in [0.15, 0.2) is 49.1 Å². The van der Waals surface area contributed by atoms with E-state index in [2.05, 4.69) is 11.9 Å². The van der Waals surface area contributed by atoms with E-state index in [1.807, 2.05) is 31.3 Å². The van der Waals surface area contributed by atoms with Crippen molar-refractivity contribution in [2.45, 2.75) is 6.54 Å². The molecule has 7 nitrogen and oxygen atoms in total. The first kappa shape index (κ1) is 22.1. The van der Waals surface area contributed by atoms with Gasteiger partial charge in [0, 0.05) is 23.4 Å². The summed E-state index contributed by atoms with van der Waals surface area (Å²) >= 11 is 0. The third kappa shape index (κ3) is 6.43. The fourth-order valence-corrected chi connectivity index (χ4v) is 2.90. The third-order valence-electron chi connectivity index (χ3n) is 4.21. The molecule has 29 heavy (non-hydrogen) atoms. The Morgan fingerprint density at radius 3 is 2.21 bits per heavy atom. The molecule has 156 valence electrons. The minimum Gasteiger partial charge on any atom is -0.493 e. The normalized spacial score (nSPS) is 11.3. The zero-order chi connectivity index (χ0) is 21.2. The molecule has 0 aliphatic rings. The maximum atomic E-state index is 12.5. The molecule has 1 atom stereocenters. The van der Waals surface area contributed by atoms with Crippen molar-refractivity contribution in [1.82, 2.24) is 0 Å². The van der Waals surface area contributed by atoms with E-state index in [9.17, 15) is 4.79 Å². The number of nitrogens with one attached hydrogen (secondary N) is 2. The molecule has 7 heteroatoms. The highest BCUT2D eigenvalue weighted by atomic mass is 16.5. The lowest BCUT2D eigenvalue weighted by molar-refractivity contribution is -0.885. The zero-order valence-electron chi connectivity index (χ0n) is 17.4. The Labute approximate surface area is 171 Å². The molecular weight excluding hydrogens is 372 g/mol. The first-order valence-corrected chi connectivity index (χ1v) is 9.24. The molecule has 1 amide bonds. The lowest BCUT2D eigenvalue weighted by Crippen LogP contribution is -3.08. The van der Waals surface area contributed by atoms with Crippen LogP contribution in [-0.2, 0) is 11.3 Å². The van der Waals surface area contributed by atoms with Crippen LogP contribution in [0.2, 0.25) is 0 Å². The van der Waals surface area contributed by atoms with Gasteiger partial charge in [-0.05, 0) is 24.3 Å². The minimum absolute atomic E-state index is 0.109. The molecule has 0 saturated carbocycles. The Kier molecular flexibility index (Phi) is 8.36. The summed E-state index contributed by atoms with van der Waals surface area (Å²) < 4.78 is 21.4. The van der Waals surface area contributed by atoms with Crippen molar-refractivity contribution >= 4 is 11.6 Å². The number of anilines is 1. The van der Waals surface area contributed by atoms with Crippen LogP contribution in [-0.4, -0.2) is 47.4 Å². The van der Waals surface area contributed by atoms with E-state index < -0.39 is 0 Å². The Morgan fingerprint density at radius 1 is 1.07 bits per heavy atom. The Bertz CT molecular complexity index is 795. The minimum atomic E-state index is -0.109. The topological polar surface area (TPSA) is 70.5 Å². The summed E-state index contributed by atoms with van der Waals surface area (Å²) in [5.74, 6) is 2.15. The van der Waals surface area contributed by atoms with Crippen molar-refractivity contribution in [3.05, 3.63) is 54.6 Å². The van der Waals surface area contributed by atoms with Crippen LogP contribution in [0.3, 0.4) is 0 Å². The number of amides is 1. The highest BCUT2D eigenvalue weighted by Crippen LogP contribution is 2.39. The summed E-state index contributed by atoms with van der Waals surface area (Å²) in [6.07, 6.45) is 1.71. The first-order chi connectivity index (χ1) is 14.0. The molecule has 0 fully saturated rings. The number of carbonyl (C=O) groups is 1. The van der Waals surface area contributed by atoms with E-state index in [1.54, 1.807) is 18.2 Å². The van der Waals surface area contributed by atoms with E-state index in [-0.39, 0.29) is 5.91 Å². The summed E-state index contributed by atoms with van der Waals surface area (Å²) in [5.41, 5.74) is 1.70. The van der Waals surface area contributed by atoms with Gasteiger partial charge in [0.1, 0.15) is 18.9 Å². The summed E-state index contributed by atoms with van der Waals surface area (Å²) in [7, 11) is 6.58. The summed E-state index contributed by atoms with van der Waals surface area (Å²) in [6.45, 7) is 5.13. The molecule has 0 bridgehead atoms. The lowest BCUT2D eigenvalue weighted by Gasteiger charge is -2.16. The van der Waals surface area contributed by atoms with Crippen LogP contribution in [0.1, 0.15) is 5.56 Å². The molecule has 0 heterocycles. The summed E-state index contributed by atoms with van der Waals surface area (Å²) in [6, 6.07) is 11.2. The quantitative estimate of drug-likeness (QED) is 0.563. The number of hydrogen-bond donors (Lipinski definition) is 2. The number of quaternary nitrogens is 1. The van der Waals surface area contributed by atoms with Gasteiger partial charge in [-0.2, -0.15) is 0 Å². The highest BCUT2D eigenvalue weighted by Gasteiger charge is 2.16. The second kappa shape index (κ2) is 11.0. The van der Waals surface area contributed by atoms with E-state index in [0.717, 1.165) is 16.2 Å². The van der Waals surface area contributed by atoms with Gasteiger partial charge in [0.25, 0.3) is 5.91 Å². The van der Waals surface area contributed by atoms with Crippen LogP contribution in [0.25, 0.3) is 0 Å². The monoisotopic (exact) mass is 401 g/mol. The molecule has 0 aromatic heterocycles. The van der Waals surface area contributed by atoms with Gasteiger partial charge in [0.05, 0.1) is 28.4 Å². The van der Waals surface area contributed by atoms with E-state index in [0.29, 0.717) is 42.6 Å². The average Bonchev–Trinajstić information content (AvgIpc) is 2.72. The van der Waals surface area contributed by atoms with Crippen molar-refractivity contribution in [1.29, 1.82) is 0 Å². The molecule has 0 saturated heterocycles. The maximum absolute atomic E-state index is 12.5. The number of benzene rings is 2. The van der Waals surface area contributed by atoms with Gasteiger partial charge >= 0.3 is 0 Å². The van der Waals surface area contributed by atoms with Crippen molar-refractivity contribution in [2.24, 2.45) is 0 Å². The van der Waals surface area contributed by atoms with Gasteiger partial charge in [-0.15, -0.1) is 0 Å². The van der Waals surface area contributed by atoms with Crippen molar-refractivity contribution in [2.75, 3.05) is 46.8 Å². The Hall–Kier alpha value is -3.19. The predicted octanol–water partition coefficient (Wildman–Crippen LogP) is 1.93. The molecule has 0 spiro atoms. The van der Waals surface area contributed by atoms with E-state index >= 15 is 0 Å². The molecule has 0 radical (unpaired) electrons. The van der Waals surface area contributed by atoms with Crippen molar-refractivity contribution in [3.8, 4) is 23.0 Å². The standard InChI is InChI=1S/C22H28N2O5/c1-6-11-29-18-9-7-16(8-10-18)14-24(2)15-21(25)23-17-12-19(26-3)22(28-5)20(13-17)27-4/h6-10,12-13H,1,11,14-15H2,2-5H3,(H,23,25)/p+1. The molecular formula is C22H29N2O5+. The van der Waals surface area contributed by atoms with Gasteiger partial charge in [0.2, 0.25) is 5.75 Å². The Morgan fingerprint density at radius 2 is 1.69 bits per heavy atom. The van der Waals surface area contributed by atoms with Gasteiger partial charge in [-0.25, -0.2) is 0 Å². The fourth-order valence-electron chi connectivity index (χ4n) is 2.90. The van der Waals surface area contributed by atoms with E-state index in [4.69, 9.17) is 18.9 Å². The highest BCUT2D eigenvalue weighted by molar-refractivity contribution is 5.92. The van der Waals surface area contributed by atoms with Crippen LogP contribution >= 0.6 is 0 Å². The molecule has 2 aromatic rings. The molecule has 0 aliphatic carbocycles. The zero-order valence-corrected chi connectivity index (χ0v) is 17.4. The average molecular weight is 401 g/mol. The smallest absolute Gasteiger partial charge is 0.279 e. The maximum Gasteiger partial charge on any atom is 0.279 e. The van der Waals surface area contributed by atoms with Crippen molar-refractivity contribution in [3.63, 3.8) is 0 Å². The predicted molar refractivity (Wildman–Crippen MR) is 112 cm³/mol. The number of likely N-dealkylation sites (N-methyl/N-ethyl adjacent to an activating group) is 1.